The second kappa shape index (κ2) is 16.6. The molecule has 56 heavy (non-hydrogen) atoms. The highest BCUT2D eigenvalue weighted by atomic mass is 19.1. The number of H-pyrrole nitrogens is 1. The van der Waals surface area contributed by atoms with Gasteiger partial charge in [-0.2, -0.15) is 0 Å². The standard InChI is InChI=1S/C42H44F2N6O6/c1-42(2,3)50-39(53)28-10-9-11-32(37(28)40(50)54)45-19-7-8-20-46-35(51)12-5-6-13-36(52)48-26-15-17-33(56-34-16-14-25(43)22-31(34)44)29(23-26)30-24-49(4)41(55)38-27(30)18-21-47-38/h9-11,14-18,21-24,45,47H,5-8,12-13,19-20H2,1-4H3,(H,46,51)(H,48,52). The van der Waals surface area contributed by atoms with Crippen molar-refractivity contribution in [2.24, 2.45) is 7.05 Å². The van der Waals surface area contributed by atoms with E-state index in [-0.39, 0.29) is 53.5 Å². The van der Waals surface area contributed by atoms with E-state index in [2.05, 4.69) is 20.9 Å². The topological polar surface area (TPSA) is 155 Å². The first-order chi connectivity index (χ1) is 26.7. The molecule has 0 spiro atoms. The molecule has 4 N–H and O–H groups in total. The summed E-state index contributed by atoms with van der Waals surface area (Å²) >= 11 is 0. The van der Waals surface area contributed by atoms with Crippen LogP contribution >= 0.6 is 0 Å². The lowest BCUT2D eigenvalue weighted by Crippen LogP contribution is -2.45. The Hall–Kier alpha value is -6.31. The van der Waals surface area contributed by atoms with Crippen molar-refractivity contribution in [3.05, 3.63) is 106 Å². The van der Waals surface area contributed by atoms with Gasteiger partial charge in [-0.05, 0) is 95.0 Å². The number of hydrogen-bond donors (Lipinski definition) is 4. The highest BCUT2D eigenvalue weighted by Crippen LogP contribution is 2.39. The maximum Gasteiger partial charge on any atom is 0.274 e. The molecule has 1 aliphatic heterocycles. The Morgan fingerprint density at radius 3 is 2.29 bits per heavy atom. The zero-order valence-electron chi connectivity index (χ0n) is 31.7. The first kappa shape index (κ1) is 39.4. The molecule has 0 atom stereocenters. The molecule has 0 bridgehead atoms. The number of carbonyl (C=O) groups excluding carboxylic acids is 4. The highest BCUT2D eigenvalue weighted by molar-refractivity contribution is 6.24. The van der Waals surface area contributed by atoms with Crippen LogP contribution in [0.3, 0.4) is 0 Å². The van der Waals surface area contributed by atoms with Gasteiger partial charge in [-0.15, -0.1) is 0 Å². The van der Waals surface area contributed by atoms with Crippen molar-refractivity contribution in [1.82, 2.24) is 19.8 Å². The molecule has 2 aromatic heterocycles. The third-order valence-electron chi connectivity index (χ3n) is 9.45. The van der Waals surface area contributed by atoms with Crippen molar-refractivity contribution >= 4 is 45.9 Å². The number of carbonyl (C=O) groups is 4. The predicted octanol–water partition coefficient (Wildman–Crippen LogP) is 7.51. The molecular weight excluding hydrogens is 722 g/mol. The minimum Gasteiger partial charge on any atom is -0.454 e. The molecule has 6 rings (SSSR count). The summed E-state index contributed by atoms with van der Waals surface area (Å²) in [6.45, 7) is 6.51. The molecule has 4 amide bonds. The number of pyridine rings is 1. The fourth-order valence-electron chi connectivity index (χ4n) is 6.69. The maximum atomic E-state index is 14.6. The molecule has 12 nitrogen and oxygen atoms in total. The number of benzene rings is 3. The van der Waals surface area contributed by atoms with Gasteiger partial charge >= 0.3 is 0 Å². The van der Waals surface area contributed by atoms with Gasteiger partial charge in [0, 0.05) is 84.9 Å². The zero-order valence-corrected chi connectivity index (χ0v) is 31.7. The van der Waals surface area contributed by atoms with E-state index in [1.54, 1.807) is 61.9 Å². The third-order valence-corrected chi connectivity index (χ3v) is 9.45. The summed E-state index contributed by atoms with van der Waals surface area (Å²) in [4.78, 5) is 68.3. The Bertz CT molecular complexity index is 2380. The van der Waals surface area contributed by atoms with E-state index in [9.17, 15) is 32.8 Å². The fraction of sp³-hybridized carbons (Fsp3) is 0.310. The van der Waals surface area contributed by atoms with E-state index in [0.717, 1.165) is 18.6 Å². The average molecular weight is 767 g/mol. The van der Waals surface area contributed by atoms with Crippen molar-refractivity contribution in [3.63, 3.8) is 0 Å². The summed E-state index contributed by atoms with van der Waals surface area (Å²) in [5, 5.41) is 9.64. The number of amides is 4. The zero-order chi connectivity index (χ0) is 40.1. The summed E-state index contributed by atoms with van der Waals surface area (Å²) < 4.78 is 35.4. The van der Waals surface area contributed by atoms with E-state index in [0.29, 0.717) is 76.9 Å². The molecule has 292 valence electrons. The number of nitrogens with one attached hydrogen (secondary N) is 4. The highest BCUT2D eigenvalue weighted by Gasteiger charge is 2.43. The van der Waals surface area contributed by atoms with Crippen LogP contribution in [0.1, 0.15) is 80.0 Å². The van der Waals surface area contributed by atoms with Gasteiger partial charge in [-0.25, -0.2) is 8.78 Å². The van der Waals surface area contributed by atoms with Gasteiger partial charge in [0.25, 0.3) is 17.4 Å². The second-order valence-corrected chi connectivity index (χ2v) is 14.7. The average Bonchev–Trinajstić information content (AvgIpc) is 3.74. The first-order valence-electron chi connectivity index (χ1n) is 18.5. The molecule has 14 heteroatoms. The number of anilines is 2. The molecule has 0 fully saturated rings. The Labute approximate surface area is 322 Å². The molecule has 0 saturated carbocycles. The Balaban J connectivity index is 0.969. The summed E-state index contributed by atoms with van der Waals surface area (Å²) in [6, 6.07) is 14.8. The van der Waals surface area contributed by atoms with Gasteiger partial charge in [0.1, 0.15) is 17.1 Å². The molecule has 1 aliphatic rings. The second-order valence-electron chi connectivity index (χ2n) is 14.7. The van der Waals surface area contributed by atoms with Gasteiger partial charge in [0.05, 0.1) is 11.1 Å². The molecule has 5 aromatic rings. The number of aromatic nitrogens is 2. The van der Waals surface area contributed by atoms with E-state index in [1.165, 1.54) is 15.5 Å². The number of rotatable bonds is 15. The molecule has 3 heterocycles. The fourth-order valence-corrected chi connectivity index (χ4v) is 6.69. The number of hydrogen-bond acceptors (Lipinski definition) is 7. The third kappa shape index (κ3) is 8.64. The molecule has 0 aliphatic carbocycles. The summed E-state index contributed by atoms with van der Waals surface area (Å²) in [6.07, 6.45) is 6.09. The van der Waals surface area contributed by atoms with Crippen molar-refractivity contribution in [2.75, 3.05) is 23.7 Å². The van der Waals surface area contributed by atoms with Gasteiger partial charge in [0.15, 0.2) is 11.6 Å². The number of nitrogens with zero attached hydrogens (tertiary/aromatic N) is 2. The number of fused-ring (bicyclic) bond motifs is 2. The lowest BCUT2D eigenvalue weighted by molar-refractivity contribution is -0.121. The van der Waals surface area contributed by atoms with Crippen LogP contribution in [0, 0.1) is 11.6 Å². The quantitative estimate of drug-likeness (QED) is 0.0636. The van der Waals surface area contributed by atoms with Gasteiger partial charge in [-0.1, -0.05) is 6.07 Å². The van der Waals surface area contributed by atoms with Gasteiger partial charge < -0.3 is 30.2 Å². The molecular formula is C42H44F2N6O6. The number of aromatic amines is 1. The Morgan fingerprint density at radius 1 is 0.804 bits per heavy atom. The molecule has 0 unspecified atom stereocenters. The van der Waals surface area contributed by atoms with Crippen molar-refractivity contribution in [3.8, 4) is 22.6 Å². The maximum absolute atomic E-state index is 14.6. The number of aryl methyl sites for hydroxylation is 1. The lowest BCUT2D eigenvalue weighted by atomic mass is 10.0. The molecule has 0 radical (unpaired) electrons. The summed E-state index contributed by atoms with van der Waals surface area (Å²) in [5.41, 5.74) is 2.37. The molecule has 3 aromatic carbocycles. The number of imide groups is 1. The number of halogens is 2. The molecule has 0 saturated heterocycles. The van der Waals surface area contributed by atoms with Crippen molar-refractivity contribution < 1.29 is 32.7 Å². The monoisotopic (exact) mass is 766 g/mol. The first-order valence-corrected chi connectivity index (χ1v) is 18.5. The van der Waals surface area contributed by atoms with Crippen LogP contribution in [0.15, 0.2) is 77.9 Å². The minimum atomic E-state index is -0.888. The predicted molar refractivity (Wildman–Crippen MR) is 210 cm³/mol. The normalized spacial score (nSPS) is 12.6. The number of ether oxygens (including phenoxy) is 1. The van der Waals surface area contributed by atoms with E-state index < -0.39 is 17.2 Å². The minimum absolute atomic E-state index is 0.114. The largest absolute Gasteiger partial charge is 0.454 e. The van der Waals surface area contributed by atoms with Crippen LogP contribution in [-0.2, 0) is 16.6 Å². The lowest BCUT2D eigenvalue weighted by Gasteiger charge is -2.29. The summed E-state index contributed by atoms with van der Waals surface area (Å²) in [5.74, 6) is -2.60. The van der Waals surface area contributed by atoms with Crippen LogP contribution in [0.25, 0.3) is 22.0 Å². The van der Waals surface area contributed by atoms with Crippen LogP contribution in [0.5, 0.6) is 11.5 Å². The van der Waals surface area contributed by atoms with Crippen molar-refractivity contribution in [1.29, 1.82) is 0 Å². The Morgan fingerprint density at radius 2 is 1.54 bits per heavy atom. The van der Waals surface area contributed by atoms with E-state index in [4.69, 9.17) is 4.74 Å². The van der Waals surface area contributed by atoms with E-state index in [1.807, 2.05) is 20.8 Å². The Kier molecular flexibility index (Phi) is 11.7. The van der Waals surface area contributed by atoms with Gasteiger partial charge in [-0.3, -0.25) is 28.9 Å². The van der Waals surface area contributed by atoms with Crippen molar-refractivity contribution in [2.45, 2.75) is 64.8 Å². The summed E-state index contributed by atoms with van der Waals surface area (Å²) in [7, 11) is 1.60. The van der Waals surface area contributed by atoms with Crippen LogP contribution in [0.4, 0.5) is 20.2 Å². The van der Waals surface area contributed by atoms with Crippen LogP contribution < -0.4 is 26.2 Å². The van der Waals surface area contributed by atoms with Crippen LogP contribution in [0.2, 0.25) is 0 Å². The SMILES string of the molecule is Cn1cc(-c2cc(NC(=O)CCCCC(=O)NCCCCNc3cccc4c3C(=O)N(C(C)(C)C)C4=O)ccc2Oc2ccc(F)cc2F)c2cc[nH]c2c1=O. The number of unbranched alkanes of at least 4 members (excludes halogenated alkanes) is 2. The van der Waals surface area contributed by atoms with Crippen LogP contribution in [-0.4, -0.2) is 56.7 Å². The van der Waals surface area contributed by atoms with Gasteiger partial charge in [0.2, 0.25) is 11.8 Å². The smallest absolute Gasteiger partial charge is 0.274 e. The van der Waals surface area contributed by atoms with E-state index >= 15 is 0 Å².